The van der Waals surface area contributed by atoms with Crippen molar-refractivity contribution in [1.29, 1.82) is 0 Å². The van der Waals surface area contributed by atoms with E-state index in [1.165, 1.54) is 11.1 Å². The van der Waals surface area contributed by atoms with Crippen LogP contribution in [0.4, 0.5) is 0 Å². The molecule has 104 valence electrons. The maximum atomic E-state index is 4.40. The van der Waals surface area contributed by atoms with Crippen molar-refractivity contribution < 1.29 is 4.68 Å². The molecular formula is C15H25N4+. The fourth-order valence-corrected chi connectivity index (χ4v) is 2.25. The van der Waals surface area contributed by atoms with Gasteiger partial charge in [-0.05, 0) is 26.7 Å². The van der Waals surface area contributed by atoms with E-state index in [2.05, 4.69) is 67.7 Å². The normalized spacial score (nSPS) is 11.7. The lowest BCUT2D eigenvalue weighted by molar-refractivity contribution is -0.768. The number of aromatic nitrogens is 4. The highest BCUT2D eigenvalue weighted by Gasteiger charge is 2.14. The van der Waals surface area contributed by atoms with Gasteiger partial charge >= 0.3 is 0 Å². The number of hydrogen-bond acceptors (Lipinski definition) is 1. The third-order valence-electron chi connectivity index (χ3n) is 3.12. The van der Waals surface area contributed by atoms with Gasteiger partial charge in [-0.15, -0.1) is 4.68 Å². The van der Waals surface area contributed by atoms with E-state index in [0.717, 1.165) is 13.1 Å². The Morgan fingerprint density at radius 1 is 1.21 bits per heavy atom. The first-order valence-electron chi connectivity index (χ1n) is 7.05. The molecule has 0 aliphatic heterocycles. The molecule has 0 aliphatic rings. The molecule has 0 fully saturated rings. The standard InChI is InChI=1S/C15H25N4/c1-12(2)7-17-8-14(5)9-18(17)10-15-6-16-19(11-15)13(3)4/h6,8-9,11-13H,7,10H2,1-5H3/q+1. The van der Waals surface area contributed by atoms with E-state index < -0.39 is 0 Å². The minimum atomic E-state index is 0.419. The van der Waals surface area contributed by atoms with Crippen LogP contribution in [-0.4, -0.2) is 14.5 Å². The molecule has 0 saturated heterocycles. The molecule has 2 aromatic heterocycles. The summed E-state index contributed by atoms with van der Waals surface area (Å²) in [5.41, 5.74) is 2.55. The van der Waals surface area contributed by atoms with Crippen molar-refractivity contribution in [3.05, 3.63) is 35.9 Å². The second-order valence-corrected chi connectivity index (χ2v) is 6.04. The first kappa shape index (κ1) is 13.8. The van der Waals surface area contributed by atoms with Crippen molar-refractivity contribution in [2.45, 2.75) is 53.8 Å². The minimum absolute atomic E-state index is 0.419. The molecule has 0 atom stereocenters. The van der Waals surface area contributed by atoms with Gasteiger partial charge in [0.05, 0.1) is 24.5 Å². The van der Waals surface area contributed by atoms with Gasteiger partial charge in [0, 0.05) is 17.8 Å². The monoisotopic (exact) mass is 261 g/mol. The fraction of sp³-hybridized carbons (Fsp3) is 0.600. The lowest BCUT2D eigenvalue weighted by Gasteiger charge is -2.05. The van der Waals surface area contributed by atoms with Crippen LogP contribution in [0.1, 0.15) is 44.9 Å². The van der Waals surface area contributed by atoms with Crippen LogP contribution in [0.5, 0.6) is 0 Å². The topological polar surface area (TPSA) is 26.6 Å². The maximum absolute atomic E-state index is 4.40. The molecule has 0 N–H and O–H groups in total. The van der Waals surface area contributed by atoms with E-state index in [1.54, 1.807) is 0 Å². The average Bonchev–Trinajstić information content (AvgIpc) is 2.86. The molecule has 0 radical (unpaired) electrons. The molecule has 0 amide bonds. The van der Waals surface area contributed by atoms with Crippen LogP contribution in [0.2, 0.25) is 0 Å². The van der Waals surface area contributed by atoms with Gasteiger partial charge in [0.1, 0.15) is 0 Å². The quantitative estimate of drug-likeness (QED) is 0.760. The molecule has 4 nitrogen and oxygen atoms in total. The van der Waals surface area contributed by atoms with E-state index in [9.17, 15) is 0 Å². The Morgan fingerprint density at radius 2 is 1.95 bits per heavy atom. The Labute approximate surface area is 115 Å². The zero-order valence-corrected chi connectivity index (χ0v) is 12.7. The second kappa shape index (κ2) is 5.59. The Bertz CT molecular complexity index is 534. The van der Waals surface area contributed by atoms with Crippen molar-refractivity contribution in [1.82, 2.24) is 14.5 Å². The number of hydrogen-bond donors (Lipinski definition) is 0. The van der Waals surface area contributed by atoms with Gasteiger partial charge in [0.2, 0.25) is 0 Å². The molecular weight excluding hydrogens is 236 g/mol. The lowest BCUT2D eigenvalue weighted by Crippen LogP contribution is -2.43. The van der Waals surface area contributed by atoms with Crippen LogP contribution in [0.25, 0.3) is 0 Å². The predicted octanol–water partition coefficient (Wildman–Crippen LogP) is 2.57. The summed E-state index contributed by atoms with van der Waals surface area (Å²) in [5.74, 6) is 0.649. The Kier molecular flexibility index (Phi) is 4.08. The van der Waals surface area contributed by atoms with Gasteiger partial charge in [0.15, 0.2) is 12.7 Å². The van der Waals surface area contributed by atoms with Gasteiger partial charge in [-0.25, -0.2) is 0 Å². The van der Waals surface area contributed by atoms with E-state index in [0.29, 0.717) is 12.0 Å². The van der Waals surface area contributed by atoms with Crippen LogP contribution in [0.3, 0.4) is 0 Å². The number of nitrogens with zero attached hydrogens (tertiary/aromatic N) is 4. The summed E-state index contributed by atoms with van der Waals surface area (Å²) in [5, 5.41) is 4.40. The smallest absolute Gasteiger partial charge is 0.200 e. The first-order chi connectivity index (χ1) is 8.95. The zero-order valence-electron chi connectivity index (χ0n) is 12.7. The highest BCUT2D eigenvalue weighted by molar-refractivity contribution is 5.03. The molecule has 0 aliphatic carbocycles. The largest absolute Gasteiger partial charge is 0.270 e. The highest BCUT2D eigenvalue weighted by atomic mass is 15.4. The molecule has 0 bridgehead atoms. The third kappa shape index (κ3) is 3.46. The SMILES string of the molecule is Cc1cn(CC(C)C)[n+](Cc2cnn(C(C)C)c2)c1. The van der Waals surface area contributed by atoms with Crippen LogP contribution in [-0.2, 0) is 13.1 Å². The van der Waals surface area contributed by atoms with Gasteiger partial charge in [-0.1, -0.05) is 13.8 Å². The van der Waals surface area contributed by atoms with Gasteiger partial charge in [-0.2, -0.15) is 9.78 Å². The van der Waals surface area contributed by atoms with E-state index in [1.807, 2.05) is 10.9 Å². The molecule has 2 rings (SSSR count). The fourth-order valence-electron chi connectivity index (χ4n) is 2.25. The van der Waals surface area contributed by atoms with E-state index in [-0.39, 0.29) is 0 Å². The van der Waals surface area contributed by atoms with Crippen LogP contribution >= 0.6 is 0 Å². The molecule has 19 heavy (non-hydrogen) atoms. The summed E-state index contributed by atoms with van der Waals surface area (Å²) in [6.45, 7) is 12.9. The molecule has 0 aromatic carbocycles. The lowest BCUT2D eigenvalue weighted by atomic mass is 10.2. The molecule has 0 saturated carbocycles. The molecule has 0 spiro atoms. The Morgan fingerprint density at radius 3 is 2.53 bits per heavy atom. The van der Waals surface area contributed by atoms with Crippen molar-refractivity contribution in [2.24, 2.45) is 5.92 Å². The maximum Gasteiger partial charge on any atom is 0.200 e. The van der Waals surface area contributed by atoms with Crippen molar-refractivity contribution in [3.63, 3.8) is 0 Å². The predicted molar refractivity (Wildman–Crippen MR) is 75.9 cm³/mol. The Balaban J connectivity index is 2.17. The number of aryl methyl sites for hydroxylation is 1. The summed E-state index contributed by atoms with van der Waals surface area (Å²) in [6, 6.07) is 0.419. The first-order valence-corrected chi connectivity index (χ1v) is 7.05. The Hall–Kier alpha value is -1.58. The van der Waals surface area contributed by atoms with Gasteiger partial charge in [0.25, 0.3) is 0 Å². The summed E-state index contributed by atoms with van der Waals surface area (Å²) in [7, 11) is 0. The highest BCUT2D eigenvalue weighted by Crippen LogP contribution is 2.06. The molecule has 0 unspecified atom stereocenters. The van der Waals surface area contributed by atoms with Crippen LogP contribution < -0.4 is 4.68 Å². The van der Waals surface area contributed by atoms with E-state index in [4.69, 9.17) is 0 Å². The van der Waals surface area contributed by atoms with Crippen molar-refractivity contribution in [2.75, 3.05) is 0 Å². The molecule has 4 heteroatoms. The summed E-state index contributed by atoms with van der Waals surface area (Å²) < 4.78 is 6.59. The molecule has 2 aromatic rings. The van der Waals surface area contributed by atoms with Gasteiger partial charge < -0.3 is 0 Å². The number of rotatable bonds is 5. The summed E-state index contributed by atoms with van der Waals surface area (Å²) >= 11 is 0. The van der Waals surface area contributed by atoms with Crippen molar-refractivity contribution >= 4 is 0 Å². The summed E-state index contributed by atoms with van der Waals surface area (Å²) in [4.78, 5) is 0. The third-order valence-corrected chi connectivity index (χ3v) is 3.12. The van der Waals surface area contributed by atoms with E-state index >= 15 is 0 Å². The van der Waals surface area contributed by atoms with Gasteiger partial charge in [-0.3, -0.25) is 4.68 Å². The van der Waals surface area contributed by atoms with Crippen molar-refractivity contribution in [3.8, 4) is 0 Å². The zero-order chi connectivity index (χ0) is 14.0. The average molecular weight is 261 g/mol. The van der Waals surface area contributed by atoms with Crippen LogP contribution in [0, 0.1) is 12.8 Å². The minimum Gasteiger partial charge on any atom is -0.270 e. The van der Waals surface area contributed by atoms with Crippen LogP contribution in [0.15, 0.2) is 24.8 Å². The molecule has 2 heterocycles. The second-order valence-electron chi connectivity index (χ2n) is 6.04. The summed E-state index contributed by atoms with van der Waals surface area (Å²) in [6.07, 6.45) is 8.52.